The maximum absolute atomic E-state index is 11.8. The monoisotopic (exact) mass is 492 g/mol. The van der Waals surface area contributed by atoms with Crippen LogP contribution in [0.5, 0.6) is 11.5 Å². The van der Waals surface area contributed by atoms with Gasteiger partial charge in [-0.05, 0) is 44.2 Å². The molecular weight excluding hydrogens is 468 g/mol. The SMILES string of the molecule is CNC(=O)c1cc(Oc2ccc3oc(Nc4ccc(C(C=C(C)C)OC)c(Cl)c4)nc3c2)ccn1. The molecule has 0 saturated heterocycles. The van der Waals surface area contributed by atoms with Crippen LogP contribution in [0.15, 0.2) is 70.8 Å². The van der Waals surface area contributed by atoms with E-state index in [1.807, 2.05) is 32.1 Å². The zero-order valence-corrected chi connectivity index (χ0v) is 20.5. The van der Waals surface area contributed by atoms with Gasteiger partial charge in [0.2, 0.25) is 0 Å². The van der Waals surface area contributed by atoms with Crippen molar-refractivity contribution in [3.63, 3.8) is 0 Å². The number of carbonyl (C=O) groups excluding carboxylic acids is 1. The number of amides is 1. The number of pyridine rings is 1. The number of aromatic nitrogens is 2. The van der Waals surface area contributed by atoms with E-state index >= 15 is 0 Å². The molecule has 0 aliphatic rings. The first-order valence-corrected chi connectivity index (χ1v) is 11.2. The van der Waals surface area contributed by atoms with Crippen LogP contribution in [0.3, 0.4) is 0 Å². The molecule has 35 heavy (non-hydrogen) atoms. The number of methoxy groups -OCH3 is 1. The first kappa shape index (κ1) is 24.3. The molecule has 0 fully saturated rings. The molecule has 0 radical (unpaired) electrons. The smallest absolute Gasteiger partial charge is 0.300 e. The summed E-state index contributed by atoms with van der Waals surface area (Å²) in [5, 5.41) is 6.25. The van der Waals surface area contributed by atoms with Crippen molar-refractivity contribution in [1.82, 2.24) is 15.3 Å². The molecule has 9 heteroatoms. The molecule has 0 saturated carbocycles. The summed E-state index contributed by atoms with van der Waals surface area (Å²) in [4.78, 5) is 20.3. The zero-order valence-electron chi connectivity index (χ0n) is 19.8. The highest BCUT2D eigenvalue weighted by Crippen LogP contribution is 2.32. The van der Waals surface area contributed by atoms with Gasteiger partial charge in [0.1, 0.15) is 28.8 Å². The number of oxazole rings is 1. The Balaban J connectivity index is 1.51. The Morgan fingerprint density at radius 2 is 1.91 bits per heavy atom. The van der Waals surface area contributed by atoms with Gasteiger partial charge in [-0.25, -0.2) is 0 Å². The third-order valence-corrected chi connectivity index (χ3v) is 5.41. The van der Waals surface area contributed by atoms with Crippen LogP contribution in [0, 0.1) is 0 Å². The average Bonchev–Trinajstić information content (AvgIpc) is 3.24. The number of hydrogen-bond donors (Lipinski definition) is 2. The maximum atomic E-state index is 11.8. The Kier molecular flexibility index (Phi) is 7.33. The van der Waals surface area contributed by atoms with Crippen LogP contribution in [0.1, 0.15) is 36.0 Å². The Hall–Kier alpha value is -3.88. The third kappa shape index (κ3) is 5.79. The summed E-state index contributed by atoms with van der Waals surface area (Å²) in [7, 11) is 3.20. The minimum absolute atomic E-state index is 0.225. The van der Waals surface area contributed by atoms with Crippen molar-refractivity contribution in [1.29, 1.82) is 0 Å². The number of fused-ring (bicyclic) bond motifs is 1. The summed E-state index contributed by atoms with van der Waals surface area (Å²) in [6.07, 6.45) is 3.30. The number of benzene rings is 2. The maximum Gasteiger partial charge on any atom is 0.300 e. The predicted octanol–water partition coefficient (Wildman–Crippen LogP) is 6.43. The van der Waals surface area contributed by atoms with Gasteiger partial charge in [0.15, 0.2) is 5.58 Å². The highest BCUT2D eigenvalue weighted by molar-refractivity contribution is 6.31. The lowest BCUT2D eigenvalue weighted by Gasteiger charge is -2.15. The minimum Gasteiger partial charge on any atom is -0.457 e. The van der Waals surface area contributed by atoms with Crippen molar-refractivity contribution in [2.24, 2.45) is 0 Å². The van der Waals surface area contributed by atoms with Crippen molar-refractivity contribution in [2.45, 2.75) is 20.0 Å². The largest absolute Gasteiger partial charge is 0.457 e. The number of carbonyl (C=O) groups is 1. The van der Waals surface area contributed by atoms with E-state index in [4.69, 9.17) is 25.5 Å². The van der Waals surface area contributed by atoms with Gasteiger partial charge in [0.25, 0.3) is 11.9 Å². The molecule has 0 aliphatic carbocycles. The Labute approximate surface area is 207 Å². The van der Waals surface area contributed by atoms with Gasteiger partial charge < -0.3 is 24.5 Å². The number of rotatable bonds is 8. The molecule has 0 bridgehead atoms. The molecule has 8 nitrogen and oxygen atoms in total. The molecule has 2 aromatic carbocycles. The molecule has 0 aliphatic heterocycles. The van der Waals surface area contributed by atoms with Gasteiger partial charge in [-0.2, -0.15) is 4.98 Å². The number of halogens is 1. The average molecular weight is 493 g/mol. The molecule has 0 spiro atoms. The first-order valence-electron chi connectivity index (χ1n) is 10.9. The van der Waals surface area contributed by atoms with Gasteiger partial charge >= 0.3 is 0 Å². The highest BCUT2D eigenvalue weighted by Gasteiger charge is 2.14. The van der Waals surface area contributed by atoms with Crippen LogP contribution >= 0.6 is 11.6 Å². The Bertz CT molecular complexity index is 1400. The summed E-state index contributed by atoms with van der Waals surface area (Å²) in [5.41, 5.74) is 4.20. The summed E-state index contributed by atoms with van der Waals surface area (Å²) in [6.45, 7) is 4.03. The van der Waals surface area contributed by atoms with E-state index in [-0.39, 0.29) is 17.7 Å². The van der Waals surface area contributed by atoms with Crippen molar-refractivity contribution in [3.8, 4) is 11.5 Å². The van der Waals surface area contributed by atoms with Crippen molar-refractivity contribution in [2.75, 3.05) is 19.5 Å². The zero-order chi connectivity index (χ0) is 24.9. The van der Waals surface area contributed by atoms with Crippen LogP contribution < -0.4 is 15.4 Å². The van der Waals surface area contributed by atoms with E-state index in [1.54, 1.807) is 50.6 Å². The second-order valence-electron chi connectivity index (χ2n) is 7.97. The van der Waals surface area contributed by atoms with Crippen LogP contribution in [-0.4, -0.2) is 30.0 Å². The van der Waals surface area contributed by atoms with Crippen LogP contribution in [-0.2, 0) is 4.74 Å². The van der Waals surface area contributed by atoms with Gasteiger partial charge in [-0.15, -0.1) is 0 Å². The molecule has 1 atom stereocenters. The van der Waals surface area contributed by atoms with Gasteiger partial charge in [-0.3, -0.25) is 9.78 Å². The van der Waals surface area contributed by atoms with Crippen molar-refractivity contribution >= 4 is 40.3 Å². The number of ether oxygens (including phenoxy) is 2. The van der Waals surface area contributed by atoms with E-state index in [0.29, 0.717) is 33.6 Å². The molecular formula is C26H25ClN4O4. The standard InChI is InChI=1S/C26H25ClN4O4/c1-15(2)11-24(33-4)19-7-5-16(12-20(19)27)30-26-31-21-13-17(6-8-23(21)35-26)34-18-9-10-29-22(14-18)25(32)28-3/h5-14,24H,1-4H3,(H,28,32)(H,30,31). The van der Waals surface area contributed by atoms with Crippen molar-refractivity contribution in [3.05, 3.63) is 82.7 Å². The number of allylic oxidation sites excluding steroid dienone is 1. The lowest BCUT2D eigenvalue weighted by molar-refractivity contribution is 0.0958. The van der Waals surface area contributed by atoms with Crippen LogP contribution in [0.25, 0.3) is 11.1 Å². The van der Waals surface area contributed by atoms with Gasteiger partial charge in [0, 0.05) is 48.8 Å². The molecule has 1 unspecified atom stereocenters. The molecule has 2 heterocycles. The van der Waals surface area contributed by atoms with E-state index < -0.39 is 0 Å². The second-order valence-corrected chi connectivity index (χ2v) is 8.38. The van der Waals surface area contributed by atoms with E-state index in [0.717, 1.165) is 16.8 Å². The van der Waals surface area contributed by atoms with Crippen LogP contribution in [0.2, 0.25) is 5.02 Å². The third-order valence-electron chi connectivity index (χ3n) is 5.08. The number of nitrogens with one attached hydrogen (secondary N) is 2. The first-order chi connectivity index (χ1) is 16.9. The fraction of sp³-hybridized carbons (Fsp3) is 0.192. The predicted molar refractivity (Wildman–Crippen MR) is 136 cm³/mol. The fourth-order valence-electron chi connectivity index (χ4n) is 3.43. The van der Waals surface area contributed by atoms with Gasteiger partial charge in [-0.1, -0.05) is 29.3 Å². The Morgan fingerprint density at radius 3 is 2.63 bits per heavy atom. The summed E-state index contributed by atoms with van der Waals surface area (Å²) in [6, 6.07) is 14.4. The van der Waals surface area contributed by atoms with E-state index in [2.05, 4.69) is 20.6 Å². The van der Waals surface area contributed by atoms with Gasteiger partial charge in [0.05, 0.1) is 0 Å². The van der Waals surface area contributed by atoms with Crippen molar-refractivity contribution < 1.29 is 18.7 Å². The molecule has 4 rings (SSSR count). The summed E-state index contributed by atoms with van der Waals surface area (Å²) < 4.78 is 17.3. The number of anilines is 2. The number of hydrogen-bond acceptors (Lipinski definition) is 7. The normalized spacial score (nSPS) is 11.7. The number of nitrogens with zero attached hydrogens (tertiary/aromatic N) is 2. The minimum atomic E-state index is -0.291. The molecule has 1 amide bonds. The quantitative estimate of drug-likeness (QED) is 0.273. The highest BCUT2D eigenvalue weighted by atomic mass is 35.5. The molecule has 180 valence electrons. The Morgan fingerprint density at radius 1 is 1.11 bits per heavy atom. The summed E-state index contributed by atoms with van der Waals surface area (Å²) >= 11 is 6.52. The lowest BCUT2D eigenvalue weighted by Crippen LogP contribution is -2.18. The topological polar surface area (TPSA) is 98.5 Å². The molecule has 2 aromatic heterocycles. The van der Waals surface area contributed by atoms with E-state index in [1.165, 1.54) is 6.20 Å². The molecule has 2 N–H and O–H groups in total. The fourth-order valence-corrected chi connectivity index (χ4v) is 3.72. The second kappa shape index (κ2) is 10.6. The lowest BCUT2D eigenvalue weighted by atomic mass is 10.1. The molecule has 4 aromatic rings. The summed E-state index contributed by atoms with van der Waals surface area (Å²) in [5.74, 6) is 0.738. The van der Waals surface area contributed by atoms with E-state index in [9.17, 15) is 4.79 Å². The van der Waals surface area contributed by atoms with Crippen LogP contribution in [0.4, 0.5) is 11.7 Å².